The molecule has 0 bridgehead atoms. The van der Waals surface area contributed by atoms with Crippen LogP contribution in [-0.4, -0.2) is 15.6 Å². The standard InChI is InChI=1S/C16H28OSi/c1-3-5-14-18(17-13-4-2)15-9-12-16-10-7-6-8-11-16/h6-8,10-11,18H,3-5,9,12-15H2,1-2H3. The third-order valence-electron chi connectivity index (χ3n) is 3.27. The zero-order chi connectivity index (χ0) is 13.1. The van der Waals surface area contributed by atoms with Gasteiger partial charge in [-0.25, -0.2) is 0 Å². The molecule has 102 valence electrons. The minimum atomic E-state index is -0.910. The van der Waals surface area contributed by atoms with Gasteiger partial charge in [0.15, 0.2) is 9.04 Å². The maximum absolute atomic E-state index is 6.07. The van der Waals surface area contributed by atoms with Gasteiger partial charge in [0.1, 0.15) is 0 Å². The molecule has 1 nitrogen and oxygen atoms in total. The number of hydrogen-bond donors (Lipinski definition) is 0. The van der Waals surface area contributed by atoms with Crippen LogP contribution in [0.2, 0.25) is 12.1 Å². The van der Waals surface area contributed by atoms with Crippen LogP contribution in [0.25, 0.3) is 0 Å². The van der Waals surface area contributed by atoms with Gasteiger partial charge in [-0.2, -0.15) is 0 Å². The van der Waals surface area contributed by atoms with Crippen molar-refractivity contribution in [2.24, 2.45) is 0 Å². The van der Waals surface area contributed by atoms with Crippen LogP contribution in [0.15, 0.2) is 30.3 Å². The zero-order valence-electron chi connectivity index (χ0n) is 12.0. The van der Waals surface area contributed by atoms with E-state index in [0.29, 0.717) is 0 Å². The van der Waals surface area contributed by atoms with Crippen LogP contribution in [0.4, 0.5) is 0 Å². The van der Waals surface area contributed by atoms with Crippen molar-refractivity contribution in [1.29, 1.82) is 0 Å². The van der Waals surface area contributed by atoms with Gasteiger partial charge in [-0.05, 0) is 36.9 Å². The Balaban J connectivity index is 2.23. The van der Waals surface area contributed by atoms with Gasteiger partial charge < -0.3 is 4.43 Å². The predicted molar refractivity (Wildman–Crippen MR) is 82.7 cm³/mol. The summed E-state index contributed by atoms with van der Waals surface area (Å²) in [5.74, 6) is 0. The normalized spacial score (nSPS) is 12.6. The van der Waals surface area contributed by atoms with Crippen LogP contribution in [0.3, 0.4) is 0 Å². The largest absolute Gasteiger partial charge is 0.420 e. The SMILES string of the molecule is CCCC[SiH](CCCc1ccccc1)OCCC. The van der Waals surface area contributed by atoms with E-state index in [-0.39, 0.29) is 0 Å². The van der Waals surface area contributed by atoms with Crippen LogP contribution in [-0.2, 0) is 10.8 Å². The van der Waals surface area contributed by atoms with Crippen LogP contribution in [0.5, 0.6) is 0 Å². The van der Waals surface area contributed by atoms with Crippen LogP contribution >= 0.6 is 0 Å². The Morgan fingerprint density at radius 1 is 0.944 bits per heavy atom. The van der Waals surface area contributed by atoms with Gasteiger partial charge in [0.25, 0.3) is 0 Å². The Morgan fingerprint density at radius 2 is 1.67 bits per heavy atom. The molecule has 2 heteroatoms. The monoisotopic (exact) mass is 264 g/mol. The lowest BCUT2D eigenvalue weighted by Gasteiger charge is -2.15. The third kappa shape index (κ3) is 6.97. The highest BCUT2D eigenvalue weighted by molar-refractivity contribution is 6.51. The van der Waals surface area contributed by atoms with Gasteiger partial charge in [0.05, 0.1) is 0 Å². The first-order valence-corrected chi connectivity index (χ1v) is 9.62. The van der Waals surface area contributed by atoms with E-state index >= 15 is 0 Å². The third-order valence-corrected chi connectivity index (χ3v) is 6.08. The molecule has 1 aromatic rings. The summed E-state index contributed by atoms with van der Waals surface area (Å²) in [5.41, 5.74) is 1.47. The second-order valence-electron chi connectivity index (χ2n) is 5.01. The zero-order valence-corrected chi connectivity index (χ0v) is 13.2. The molecule has 0 aliphatic heterocycles. The Hall–Kier alpha value is -0.603. The van der Waals surface area contributed by atoms with Crippen molar-refractivity contribution in [2.45, 2.75) is 58.0 Å². The summed E-state index contributed by atoms with van der Waals surface area (Å²) in [6.07, 6.45) is 6.33. The second-order valence-corrected chi connectivity index (χ2v) is 7.74. The fourth-order valence-electron chi connectivity index (χ4n) is 2.21. The lowest BCUT2D eigenvalue weighted by atomic mass is 10.1. The number of unbranched alkanes of at least 4 members (excludes halogenated alkanes) is 1. The Bertz CT molecular complexity index is 278. The van der Waals surface area contributed by atoms with Crippen molar-refractivity contribution in [3.8, 4) is 0 Å². The van der Waals surface area contributed by atoms with E-state index in [1.165, 1.54) is 43.3 Å². The molecular weight excluding hydrogens is 236 g/mol. The van der Waals surface area contributed by atoms with E-state index < -0.39 is 9.04 Å². The molecule has 0 radical (unpaired) electrons. The molecular formula is C16H28OSi. The average molecular weight is 264 g/mol. The van der Waals surface area contributed by atoms with Gasteiger partial charge in [0.2, 0.25) is 0 Å². The molecule has 18 heavy (non-hydrogen) atoms. The molecule has 0 amide bonds. The molecule has 0 N–H and O–H groups in total. The highest BCUT2D eigenvalue weighted by Gasteiger charge is 2.10. The minimum absolute atomic E-state index is 0.910. The van der Waals surface area contributed by atoms with Crippen molar-refractivity contribution >= 4 is 9.04 Å². The smallest absolute Gasteiger partial charge is 0.176 e. The fraction of sp³-hybridized carbons (Fsp3) is 0.625. The molecule has 1 unspecified atom stereocenters. The van der Waals surface area contributed by atoms with Gasteiger partial charge in [-0.3, -0.25) is 0 Å². The summed E-state index contributed by atoms with van der Waals surface area (Å²) in [6, 6.07) is 13.5. The van der Waals surface area contributed by atoms with Crippen molar-refractivity contribution in [2.75, 3.05) is 6.61 Å². The van der Waals surface area contributed by atoms with E-state index in [1.807, 2.05) is 0 Å². The van der Waals surface area contributed by atoms with Crippen LogP contribution in [0.1, 0.15) is 45.1 Å². The van der Waals surface area contributed by atoms with Crippen LogP contribution in [0, 0.1) is 0 Å². The lowest BCUT2D eigenvalue weighted by Crippen LogP contribution is -2.18. The number of benzene rings is 1. The Labute approximate surface area is 114 Å². The van der Waals surface area contributed by atoms with Gasteiger partial charge >= 0.3 is 0 Å². The van der Waals surface area contributed by atoms with Crippen molar-refractivity contribution in [1.82, 2.24) is 0 Å². The van der Waals surface area contributed by atoms with Crippen LogP contribution < -0.4 is 0 Å². The summed E-state index contributed by atoms with van der Waals surface area (Å²) < 4.78 is 6.07. The van der Waals surface area contributed by atoms with E-state index in [2.05, 4.69) is 44.2 Å². The Morgan fingerprint density at radius 3 is 2.33 bits per heavy atom. The van der Waals surface area contributed by atoms with E-state index in [9.17, 15) is 0 Å². The molecule has 0 fully saturated rings. The summed E-state index contributed by atoms with van der Waals surface area (Å²) in [5, 5.41) is 0. The van der Waals surface area contributed by atoms with E-state index in [4.69, 9.17) is 4.43 Å². The van der Waals surface area contributed by atoms with Crippen molar-refractivity contribution < 1.29 is 4.43 Å². The van der Waals surface area contributed by atoms with E-state index in [1.54, 1.807) is 0 Å². The average Bonchev–Trinajstić information content (AvgIpc) is 2.42. The van der Waals surface area contributed by atoms with Gasteiger partial charge in [0, 0.05) is 6.61 Å². The van der Waals surface area contributed by atoms with Crippen molar-refractivity contribution in [3.05, 3.63) is 35.9 Å². The quantitative estimate of drug-likeness (QED) is 0.563. The molecule has 0 aromatic heterocycles. The lowest BCUT2D eigenvalue weighted by molar-refractivity contribution is 0.316. The number of rotatable bonds is 10. The minimum Gasteiger partial charge on any atom is -0.420 e. The topological polar surface area (TPSA) is 9.23 Å². The van der Waals surface area contributed by atoms with Gasteiger partial charge in [-0.1, -0.05) is 57.0 Å². The van der Waals surface area contributed by atoms with E-state index in [0.717, 1.165) is 13.0 Å². The first kappa shape index (κ1) is 15.5. The molecule has 1 atom stereocenters. The maximum Gasteiger partial charge on any atom is 0.176 e. The summed E-state index contributed by atoms with van der Waals surface area (Å²) in [4.78, 5) is 0. The molecule has 0 heterocycles. The molecule has 0 saturated carbocycles. The highest BCUT2D eigenvalue weighted by Crippen LogP contribution is 2.13. The molecule has 1 rings (SSSR count). The predicted octanol–water partition coefficient (Wildman–Crippen LogP) is 4.57. The van der Waals surface area contributed by atoms with Crippen molar-refractivity contribution in [3.63, 3.8) is 0 Å². The second kappa shape index (κ2) is 10.3. The number of aryl methyl sites for hydroxylation is 1. The number of hydrogen-bond acceptors (Lipinski definition) is 1. The maximum atomic E-state index is 6.07. The highest BCUT2D eigenvalue weighted by atomic mass is 28.3. The molecule has 0 spiro atoms. The summed E-state index contributed by atoms with van der Waals surface area (Å²) in [6.45, 7) is 5.45. The molecule has 0 saturated heterocycles. The fourth-order valence-corrected chi connectivity index (χ4v) is 4.92. The molecule has 1 aromatic carbocycles. The first-order chi connectivity index (χ1) is 8.86. The Kier molecular flexibility index (Phi) is 8.87. The molecule has 0 aliphatic carbocycles. The summed E-state index contributed by atoms with van der Waals surface area (Å²) in [7, 11) is -0.910. The molecule has 0 aliphatic rings. The van der Waals surface area contributed by atoms with Gasteiger partial charge in [-0.15, -0.1) is 0 Å². The summed E-state index contributed by atoms with van der Waals surface area (Å²) >= 11 is 0. The first-order valence-electron chi connectivity index (χ1n) is 7.52.